The summed E-state index contributed by atoms with van der Waals surface area (Å²) in [5, 5.41) is 0.920. The van der Waals surface area contributed by atoms with Crippen molar-refractivity contribution >= 4 is 16.7 Å². The summed E-state index contributed by atoms with van der Waals surface area (Å²) in [6.45, 7) is 4.69. The molecule has 1 unspecified atom stereocenters. The number of morpholine rings is 1. The van der Waals surface area contributed by atoms with Gasteiger partial charge in [0.15, 0.2) is 0 Å². The maximum Gasteiger partial charge on any atom is 0.205 e. The predicted molar refractivity (Wildman–Crippen MR) is 79.8 cm³/mol. The molecule has 3 heterocycles. The lowest BCUT2D eigenvalue weighted by molar-refractivity contribution is 0.0874. The van der Waals surface area contributed by atoms with Gasteiger partial charge in [-0.3, -0.25) is 0 Å². The van der Waals surface area contributed by atoms with E-state index in [0.29, 0.717) is 19.8 Å². The van der Waals surface area contributed by atoms with Crippen LogP contribution in [0.5, 0.6) is 0 Å². The van der Waals surface area contributed by atoms with Crippen molar-refractivity contribution in [2.45, 2.75) is 19.4 Å². The summed E-state index contributed by atoms with van der Waals surface area (Å²) >= 11 is 1.42. The van der Waals surface area contributed by atoms with E-state index >= 15 is 0 Å². The molecule has 3 rings (SSSR count). The average molecular weight is 309 g/mol. The minimum atomic E-state index is 0.0654. The van der Waals surface area contributed by atoms with Gasteiger partial charge in [0.2, 0.25) is 5.13 Å². The van der Waals surface area contributed by atoms with E-state index < -0.39 is 0 Å². The minimum Gasteiger partial charge on any atom is -0.464 e. The maximum absolute atomic E-state index is 5.76. The van der Waals surface area contributed by atoms with E-state index in [-0.39, 0.29) is 6.04 Å². The molecule has 7 heteroatoms. The van der Waals surface area contributed by atoms with Crippen molar-refractivity contribution < 1.29 is 13.9 Å². The zero-order chi connectivity index (χ0) is 14.7. The van der Waals surface area contributed by atoms with Crippen molar-refractivity contribution in [3.63, 3.8) is 0 Å². The summed E-state index contributed by atoms with van der Waals surface area (Å²) in [5.74, 6) is 2.66. The lowest BCUT2D eigenvalue weighted by Gasteiger charge is -2.33. The predicted octanol–water partition coefficient (Wildman–Crippen LogP) is 2.21. The molecule has 6 nitrogen and oxygen atoms in total. The molecule has 1 saturated heterocycles. The normalized spacial score (nSPS) is 19.1. The number of nitrogens with zero attached hydrogens (tertiary/aromatic N) is 3. The third kappa shape index (κ3) is 3.25. The van der Waals surface area contributed by atoms with Crippen LogP contribution < -0.4 is 4.90 Å². The number of ether oxygens (including phenoxy) is 2. The number of hydrogen-bond acceptors (Lipinski definition) is 7. The highest BCUT2D eigenvalue weighted by atomic mass is 32.1. The van der Waals surface area contributed by atoms with E-state index in [2.05, 4.69) is 14.3 Å². The van der Waals surface area contributed by atoms with Gasteiger partial charge in [-0.15, -0.1) is 0 Å². The number of aromatic nitrogens is 2. The second-order valence-corrected chi connectivity index (χ2v) is 5.70. The zero-order valence-corrected chi connectivity index (χ0v) is 13.1. The molecular weight excluding hydrogens is 290 g/mol. The summed E-state index contributed by atoms with van der Waals surface area (Å²) in [6, 6.07) is 4.05. The van der Waals surface area contributed by atoms with Crippen molar-refractivity contribution in [3.05, 3.63) is 29.5 Å². The first-order valence-corrected chi connectivity index (χ1v) is 7.77. The number of furan rings is 1. The van der Waals surface area contributed by atoms with Crippen LogP contribution in [0.4, 0.5) is 5.13 Å². The van der Waals surface area contributed by atoms with Gasteiger partial charge in [0.05, 0.1) is 19.8 Å². The Balaban J connectivity index is 1.79. The van der Waals surface area contributed by atoms with Gasteiger partial charge in [0, 0.05) is 31.6 Å². The molecule has 0 amide bonds. The van der Waals surface area contributed by atoms with E-state index in [9.17, 15) is 0 Å². The van der Waals surface area contributed by atoms with Gasteiger partial charge in [0.1, 0.15) is 23.4 Å². The largest absolute Gasteiger partial charge is 0.464 e. The van der Waals surface area contributed by atoms with Crippen LogP contribution >= 0.6 is 11.5 Å². The molecule has 1 aliphatic heterocycles. The minimum absolute atomic E-state index is 0.0654. The molecular formula is C14H19N3O3S. The van der Waals surface area contributed by atoms with E-state index in [1.54, 1.807) is 7.11 Å². The fourth-order valence-corrected chi connectivity index (χ4v) is 3.15. The second-order valence-electron chi connectivity index (χ2n) is 4.97. The van der Waals surface area contributed by atoms with Crippen molar-refractivity contribution in [2.24, 2.45) is 0 Å². The Morgan fingerprint density at radius 2 is 2.38 bits per heavy atom. The Morgan fingerprint density at radius 1 is 1.48 bits per heavy atom. The Labute approximate surface area is 127 Å². The Bertz CT molecular complexity index is 584. The topological polar surface area (TPSA) is 60.6 Å². The van der Waals surface area contributed by atoms with Gasteiger partial charge in [0.25, 0.3) is 0 Å². The first kappa shape index (κ1) is 14.5. The van der Waals surface area contributed by atoms with Crippen molar-refractivity contribution in [1.29, 1.82) is 0 Å². The second kappa shape index (κ2) is 6.55. The molecule has 0 radical (unpaired) electrons. The highest BCUT2D eigenvalue weighted by molar-refractivity contribution is 7.09. The van der Waals surface area contributed by atoms with E-state index in [4.69, 9.17) is 13.9 Å². The lowest BCUT2D eigenvalue weighted by atomic mass is 10.2. The summed E-state index contributed by atoms with van der Waals surface area (Å²) in [6.07, 6.45) is 0.738. The van der Waals surface area contributed by atoms with Gasteiger partial charge in [-0.1, -0.05) is 0 Å². The average Bonchev–Trinajstić information content (AvgIpc) is 3.14. The Kier molecular flexibility index (Phi) is 4.52. The van der Waals surface area contributed by atoms with E-state index in [1.807, 2.05) is 19.1 Å². The third-order valence-electron chi connectivity index (χ3n) is 3.45. The highest BCUT2D eigenvalue weighted by Gasteiger charge is 2.29. The SMILES string of the molecule is COCCc1nsc(N2CCOCC2c2ccc(C)o2)n1. The molecule has 1 atom stereocenters. The van der Waals surface area contributed by atoms with Gasteiger partial charge in [-0.05, 0) is 19.1 Å². The Morgan fingerprint density at radius 3 is 3.14 bits per heavy atom. The molecule has 2 aromatic heterocycles. The molecule has 0 N–H and O–H groups in total. The van der Waals surface area contributed by atoms with Crippen molar-refractivity contribution in [3.8, 4) is 0 Å². The van der Waals surface area contributed by atoms with Crippen LogP contribution in [-0.4, -0.2) is 42.8 Å². The number of aryl methyl sites for hydroxylation is 1. The monoisotopic (exact) mass is 309 g/mol. The fraction of sp³-hybridized carbons (Fsp3) is 0.571. The maximum atomic E-state index is 5.76. The number of rotatable bonds is 5. The molecule has 21 heavy (non-hydrogen) atoms. The van der Waals surface area contributed by atoms with Gasteiger partial charge in [-0.2, -0.15) is 4.37 Å². The summed E-state index contributed by atoms with van der Waals surface area (Å²) in [5.41, 5.74) is 0. The fourth-order valence-electron chi connectivity index (χ4n) is 2.36. The molecule has 0 bridgehead atoms. The van der Waals surface area contributed by atoms with Gasteiger partial charge >= 0.3 is 0 Å². The van der Waals surface area contributed by atoms with Crippen LogP contribution in [0.15, 0.2) is 16.5 Å². The number of hydrogen-bond donors (Lipinski definition) is 0. The molecule has 0 aliphatic carbocycles. The quantitative estimate of drug-likeness (QED) is 0.844. The van der Waals surface area contributed by atoms with E-state index in [1.165, 1.54) is 11.5 Å². The Hall–Kier alpha value is -1.44. The lowest BCUT2D eigenvalue weighted by Crippen LogP contribution is -2.39. The standard InChI is InChI=1S/C14H19N3O3S/c1-10-3-4-12(20-10)11-9-19-8-6-17(11)14-15-13(16-21-14)5-7-18-2/h3-4,11H,5-9H2,1-2H3. The van der Waals surface area contributed by atoms with Crippen LogP contribution in [-0.2, 0) is 15.9 Å². The van der Waals surface area contributed by atoms with Crippen LogP contribution in [0, 0.1) is 6.92 Å². The molecule has 0 saturated carbocycles. The smallest absolute Gasteiger partial charge is 0.205 e. The molecule has 0 spiro atoms. The highest BCUT2D eigenvalue weighted by Crippen LogP contribution is 2.31. The van der Waals surface area contributed by atoms with Crippen LogP contribution in [0.3, 0.4) is 0 Å². The van der Waals surface area contributed by atoms with E-state index in [0.717, 1.165) is 35.4 Å². The van der Waals surface area contributed by atoms with Gasteiger partial charge in [-0.25, -0.2) is 4.98 Å². The van der Waals surface area contributed by atoms with Crippen LogP contribution in [0.2, 0.25) is 0 Å². The number of methoxy groups -OCH3 is 1. The molecule has 1 fully saturated rings. The number of anilines is 1. The summed E-state index contributed by atoms with van der Waals surface area (Å²) in [4.78, 5) is 6.83. The van der Waals surface area contributed by atoms with Crippen LogP contribution in [0.25, 0.3) is 0 Å². The van der Waals surface area contributed by atoms with Crippen LogP contribution in [0.1, 0.15) is 23.4 Å². The molecule has 1 aliphatic rings. The third-order valence-corrected chi connectivity index (χ3v) is 4.24. The van der Waals surface area contributed by atoms with Crippen molar-refractivity contribution in [2.75, 3.05) is 38.4 Å². The van der Waals surface area contributed by atoms with Gasteiger partial charge < -0.3 is 18.8 Å². The first-order chi connectivity index (χ1) is 10.3. The zero-order valence-electron chi connectivity index (χ0n) is 12.2. The summed E-state index contributed by atoms with van der Waals surface area (Å²) in [7, 11) is 1.69. The molecule has 114 valence electrons. The summed E-state index contributed by atoms with van der Waals surface area (Å²) < 4.78 is 20.8. The first-order valence-electron chi connectivity index (χ1n) is 7.00. The van der Waals surface area contributed by atoms with Crippen molar-refractivity contribution in [1.82, 2.24) is 9.36 Å². The molecule has 0 aromatic carbocycles. The molecule has 2 aromatic rings.